The van der Waals surface area contributed by atoms with Gasteiger partial charge < -0.3 is 15.5 Å². The number of nitriles is 1. The summed E-state index contributed by atoms with van der Waals surface area (Å²) in [5, 5.41) is 9.08. The summed E-state index contributed by atoms with van der Waals surface area (Å²) in [4.78, 5) is 4.64. The lowest BCUT2D eigenvalue weighted by molar-refractivity contribution is 0.654. The van der Waals surface area contributed by atoms with Crippen molar-refractivity contribution in [3.63, 3.8) is 0 Å². The number of benzene rings is 2. The number of para-hydroxylation sites is 2. The Hall–Kier alpha value is -2.67. The quantitative estimate of drug-likeness (QED) is 0.857. The van der Waals surface area contributed by atoms with E-state index in [1.165, 1.54) is 5.69 Å². The molecule has 0 spiro atoms. The van der Waals surface area contributed by atoms with Crippen LogP contribution >= 0.6 is 0 Å². The van der Waals surface area contributed by atoms with Crippen molar-refractivity contribution in [2.24, 2.45) is 0 Å². The molecule has 2 aromatic rings. The Bertz CT molecular complexity index is 652. The van der Waals surface area contributed by atoms with Crippen LogP contribution in [0.3, 0.4) is 0 Å². The van der Waals surface area contributed by atoms with E-state index in [1.54, 1.807) is 6.07 Å². The molecule has 106 valence electrons. The summed E-state index contributed by atoms with van der Waals surface area (Å²) in [5.74, 6) is 0. The van der Waals surface area contributed by atoms with Crippen molar-refractivity contribution in [1.29, 1.82) is 5.26 Å². The van der Waals surface area contributed by atoms with Gasteiger partial charge in [0.15, 0.2) is 0 Å². The first-order valence-corrected chi connectivity index (χ1v) is 7.13. The van der Waals surface area contributed by atoms with Crippen molar-refractivity contribution in [2.45, 2.75) is 0 Å². The molecule has 1 fully saturated rings. The normalized spacial score (nSPS) is 14.8. The Morgan fingerprint density at radius 3 is 2.19 bits per heavy atom. The summed E-state index contributed by atoms with van der Waals surface area (Å²) in [6.07, 6.45) is 0. The van der Waals surface area contributed by atoms with Gasteiger partial charge in [-0.05, 0) is 24.3 Å². The average Bonchev–Trinajstić information content (AvgIpc) is 2.56. The van der Waals surface area contributed by atoms with E-state index in [0.29, 0.717) is 11.3 Å². The zero-order valence-electron chi connectivity index (χ0n) is 11.9. The first-order valence-electron chi connectivity index (χ1n) is 7.13. The SMILES string of the molecule is N#Cc1cccc(N2CCN(c3ccccc3)CC2)c1N. The van der Waals surface area contributed by atoms with Crippen LogP contribution in [0.1, 0.15) is 5.56 Å². The molecule has 2 N–H and O–H groups in total. The molecule has 21 heavy (non-hydrogen) atoms. The minimum absolute atomic E-state index is 0.554. The Morgan fingerprint density at radius 1 is 0.857 bits per heavy atom. The third-order valence-electron chi connectivity index (χ3n) is 3.95. The van der Waals surface area contributed by atoms with Crippen molar-refractivity contribution in [3.8, 4) is 6.07 Å². The monoisotopic (exact) mass is 278 g/mol. The molecule has 4 heteroatoms. The summed E-state index contributed by atoms with van der Waals surface area (Å²) < 4.78 is 0. The van der Waals surface area contributed by atoms with Crippen molar-refractivity contribution in [2.75, 3.05) is 41.7 Å². The van der Waals surface area contributed by atoms with E-state index in [0.717, 1.165) is 31.9 Å². The number of nitrogens with two attached hydrogens (primary N) is 1. The first kappa shape index (κ1) is 13.3. The van der Waals surface area contributed by atoms with E-state index >= 15 is 0 Å². The number of anilines is 3. The van der Waals surface area contributed by atoms with Gasteiger partial charge in [-0.3, -0.25) is 0 Å². The summed E-state index contributed by atoms with van der Waals surface area (Å²) in [7, 11) is 0. The van der Waals surface area contributed by atoms with E-state index in [2.05, 4.69) is 40.1 Å². The van der Waals surface area contributed by atoms with Gasteiger partial charge in [-0.1, -0.05) is 24.3 Å². The molecule has 1 aliphatic heterocycles. The number of nitrogens with zero attached hydrogens (tertiary/aromatic N) is 3. The fourth-order valence-electron chi connectivity index (χ4n) is 2.77. The van der Waals surface area contributed by atoms with Crippen LogP contribution in [-0.4, -0.2) is 26.2 Å². The molecular formula is C17H18N4. The summed E-state index contributed by atoms with van der Waals surface area (Å²) in [6.45, 7) is 3.74. The minimum atomic E-state index is 0.554. The topological polar surface area (TPSA) is 56.3 Å². The van der Waals surface area contributed by atoms with Crippen LogP contribution in [0.25, 0.3) is 0 Å². The molecule has 1 saturated heterocycles. The number of hydrogen-bond acceptors (Lipinski definition) is 4. The molecule has 4 nitrogen and oxygen atoms in total. The lowest BCUT2D eigenvalue weighted by atomic mass is 10.1. The fourth-order valence-corrected chi connectivity index (χ4v) is 2.77. The Morgan fingerprint density at radius 2 is 1.52 bits per heavy atom. The van der Waals surface area contributed by atoms with Crippen LogP contribution < -0.4 is 15.5 Å². The Labute approximate surface area is 125 Å². The van der Waals surface area contributed by atoms with Crippen molar-refractivity contribution < 1.29 is 0 Å². The molecule has 0 radical (unpaired) electrons. The summed E-state index contributed by atoms with van der Waals surface area (Å²) in [5.41, 5.74) is 9.47. The molecule has 1 aliphatic rings. The lowest BCUT2D eigenvalue weighted by Crippen LogP contribution is -2.46. The number of rotatable bonds is 2. The molecule has 0 amide bonds. The maximum atomic E-state index is 9.08. The van der Waals surface area contributed by atoms with Gasteiger partial charge >= 0.3 is 0 Å². The standard InChI is InChI=1S/C17H18N4/c18-13-14-5-4-8-16(17(14)19)21-11-9-20(10-12-21)15-6-2-1-3-7-15/h1-8H,9-12,19H2. The Balaban J connectivity index is 1.73. The van der Waals surface area contributed by atoms with Gasteiger partial charge in [0.1, 0.15) is 6.07 Å². The highest BCUT2D eigenvalue weighted by molar-refractivity contribution is 5.74. The highest BCUT2D eigenvalue weighted by atomic mass is 15.3. The zero-order valence-corrected chi connectivity index (χ0v) is 11.9. The van der Waals surface area contributed by atoms with Crippen molar-refractivity contribution >= 4 is 17.1 Å². The maximum Gasteiger partial charge on any atom is 0.101 e. The van der Waals surface area contributed by atoms with Gasteiger partial charge in [-0.15, -0.1) is 0 Å². The van der Waals surface area contributed by atoms with E-state index < -0.39 is 0 Å². The van der Waals surface area contributed by atoms with Crippen LogP contribution in [0.15, 0.2) is 48.5 Å². The molecule has 0 aromatic heterocycles. The van der Waals surface area contributed by atoms with Crippen LogP contribution in [0, 0.1) is 11.3 Å². The van der Waals surface area contributed by atoms with Gasteiger partial charge in [-0.2, -0.15) is 5.26 Å². The van der Waals surface area contributed by atoms with Crippen molar-refractivity contribution in [1.82, 2.24) is 0 Å². The first-order chi connectivity index (χ1) is 10.3. The molecule has 0 unspecified atom stereocenters. The molecule has 0 aliphatic carbocycles. The molecule has 0 atom stereocenters. The van der Waals surface area contributed by atoms with E-state index in [4.69, 9.17) is 11.0 Å². The highest BCUT2D eigenvalue weighted by Gasteiger charge is 2.19. The average molecular weight is 278 g/mol. The molecule has 0 bridgehead atoms. The van der Waals surface area contributed by atoms with Crippen molar-refractivity contribution in [3.05, 3.63) is 54.1 Å². The summed E-state index contributed by atoms with van der Waals surface area (Å²) >= 11 is 0. The van der Waals surface area contributed by atoms with Crippen LogP contribution in [0.4, 0.5) is 17.1 Å². The largest absolute Gasteiger partial charge is 0.396 e. The number of hydrogen-bond donors (Lipinski definition) is 1. The van der Waals surface area contributed by atoms with Gasteiger partial charge in [0.25, 0.3) is 0 Å². The van der Waals surface area contributed by atoms with Crippen LogP contribution in [-0.2, 0) is 0 Å². The third kappa shape index (κ3) is 2.63. The summed E-state index contributed by atoms with van der Waals surface area (Å²) in [6, 6.07) is 18.2. The zero-order chi connectivity index (χ0) is 14.7. The molecule has 0 saturated carbocycles. The minimum Gasteiger partial charge on any atom is -0.396 e. The van der Waals surface area contributed by atoms with Crippen LogP contribution in [0.5, 0.6) is 0 Å². The molecule has 2 aromatic carbocycles. The second kappa shape index (κ2) is 5.76. The van der Waals surface area contributed by atoms with Gasteiger partial charge in [0, 0.05) is 31.9 Å². The van der Waals surface area contributed by atoms with E-state index in [9.17, 15) is 0 Å². The predicted molar refractivity (Wildman–Crippen MR) is 86.4 cm³/mol. The number of nitrogen functional groups attached to an aromatic ring is 1. The molecule has 3 rings (SSSR count). The van der Waals surface area contributed by atoms with E-state index in [1.807, 2.05) is 18.2 Å². The highest BCUT2D eigenvalue weighted by Crippen LogP contribution is 2.28. The Kier molecular flexibility index (Phi) is 3.65. The smallest absolute Gasteiger partial charge is 0.101 e. The lowest BCUT2D eigenvalue weighted by Gasteiger charge is -2.37. The predicted octanol–water partition coefficient (Wildman–Crippen LogP) is 2.47. The fraction of sp³-hybridized carbons (Fsp3) is 0.235. The third-order valence-corrected chi connectivity index (χ3v) is 3.95. The van der Waals surface area contributed by atoms with Gasteiger partial charge in [0.2, 0.25) is 0 Å². The second-order valence-corrected chi connectivity index (χ2v) is 5.16. The maximum absolute atomic E-state index is 9.08. The molecular weight excluding hydrogens is 260 g/mol. The van der Waals surface area contributed by atoms with Gasteiger partial charge in [0.05, 0.1) is 16.9 Å². The number of piperazine rings is 1. The van der Waals surface area contributed by atoms with Gasteiger partial charge in [-0.25, -0.2) is 0 Å². The second-order valence-electron chi connectivity index (χ2n) is 5.16. The molecule has 1 heterocycles. The van der Waals surface area contributed by atoms with E-state index in [-0.39, 0.29) is 0 Å². The van der Waals surface area contributed by atoms with Crippen LogP contribution in [0.2, 0.25) is 0 Å².